The molecule has 0 amide bonds. The summed E-state index contributed by atoms with van der Waals surface area (Å²) in [5.41, 5.74) is -0.0687. The maximum absolute atomic E-state index is 12.4. The first-order valence-electron chi connectivity index (χ1n) is 5.80. The summed E-state index contributed by atoms with van der Waals surface area (Å²) in [7, 11) is -0.755. The molecule has 2 rings (SSSR count). The Labute approximate surface area is 134 Å². The smallest absolute Gasteiger partial charge is 0.352 e. The van der Waals surface area contributed by atoms with Gasteiger partial charge in [-0.1, -0.05) is 0 Å². The van der Waals surface area contributed by atoms with Gasteiger partial charge >= 0.3 is 5.97 Å². The van der Waals surface area contributed by atoms with Gasteiger partial charge in [-0.25, -0.2) is 13.2 Å². The molecule has 6 nitrogen and oxygen atoms in total. The van der Waals surface area contributed by atoms with Crippen LogP contribution in [0.3, 0.4) is 0 Å². The van der Waals surface area contributed by atoms with Crippen LogP contribution in [0.4, 0.5) is 0 Å². The molecular weight excluding hydrogens is 380 g/mol. The van der Waals surface area contributed by atoms with E-state index in [0.29, 0.717) is 0 Å². The van der Waals surface area contributed by atoms with E-state index in [1.807, 2.05) is 11.4 Å². The van der Waals surface area contributed by atoms with Crippen molar-refractivity contribution in [2.75, 3.05) is 7.05 Å². The van der Waals surface area contributed by atoms with Gasteiger partial charge in [0.25, 0.3) is 0 Å². The summed E-state index contributed by atoms with van der Waals surface area (Å²) in [6.07, 6.45) is 1.31. The van der Waals surface area contributed by atoms with E-state index in [1.54, 1.807) is 0 Å². The first-order chi connectivity index (χ1) is 9.71. The second-order valence-corrected chi connectivity index (χ2v) is 8.43. The second-order valence-electron chi connectivity index (χ2n) is 4.47. The Morgan fingerprint density at radius 3 is 2.62 bits per heavy atom. The van der Waals surface area contributed by atoms with Crippen molar-refractivity contribution in [1.29, 1.82) is 0 Å². The van der Waals surface area contributed by atoms with Gasteiger partial charge in [-0.2, -0.15) is 4.31 Å². The van der Waals surface area contributed by atoms with Crippen LogP contribution in [0.15, 0.2) is 33.1 Å². The van der Waals surface area contributed by atoms with Crippen molar-refractivity contribution in [3.8, 4) is 0 Å². The molecule has 0 bridgehead atoms. The number of carbonyl (C=O) groups is 1. The topological polar surface area (TPSA) is 79.6 Å². The zero-order chi connectivity index (χ0) is 15.8. The number of nitrogens with zero attached hydrogens (tertiary/aromatic N) is 2. The van der Waals surface area contributed by atoms with E-state index in [0.717, 1.165) is 9.35 Å². The van der Waals surface area contributed by atoms with E-state index < -0.39 is 16.0 Å². The Kier molecular flexibility index (Phi) is 4.57. The minimum absolute atomic E-state index is 0.0273. The molecule has 114 valence electrons. The molecule has 0 unspecified atom stereocenters. The lowest BCUT2D eigenvalue weighted by molar-refractivity contribution is 0.0686. The van der Waals surface area contributed by atoms with Crippen molar-refractivity contribution in [3.05, 3.63) is 38.8 Å². The summed E-state index contributed by atoms with van der Waals surface area (Å²) in [6, 6.07) is 3.02. The van der Waals surface area contributed by atoms with E-state index in [4.69, 9.17) is 5.11 Å². The van der Waals surface area contributed by atoms with Crippen LogP contribution in [-0.4, -0.2) is 35.4 Å². The zero-order valence-corrected chi connectivity index (χ0v) is 14.5. The van der Waals surface area contributed by atoms with Crippen LogP contribution in [0.5, 0.6) is 0 Å². The molecular formula is C12H13BrN2O4S2. The minimum Gasteiger partial charge on any atom is -0.477 e. The van der Waals surface area contributed by atoms with Crippen LogP contribution in [-0.2, 0) is 23.6 Å². The number of thiophene rings is 1. The summed E-state index contributed by atoms with van der Waals surface area (Å²) in [5, 5.41) is 10.9. The molecule has 1 N–H and O–H groups in total. The molecule has 0 saturated carbocycles. The number of hydrogen-bond donors (Lipinski definition) is 1. The molecule has 2 aromatic rings. The van der Waals surface area contributed by atoms with Gasteiger partial charge in [-0.05, 0) is 28.1 Å². The number of aryl methyl sites for hydroxylation is 1. The van der Waals surface area contributed by atoms with Crippen LogP contribution >= 0.6 is 27.3 Å². The SMILES string of the molecule is CN(Cc1cc(Br)cs1)S(=O)(=O)c1cc(C(=O)O)n(C)c1. The summed E-state index contributed by atoms with van der Waals surface area (Å²) in [6.45, 7) is 0.232. The number of carboxylic acid groups (broad SMARTS) is 1. The van der Waals surface area contributed by atoms with Crippen molar-refractivity contribution in [2.24, 2.45) is 7.05 Å². The summed E-state index contributed by atoms with van der Waals surface area (Å²) in [4.78, 5) is 11.9. The second kappa shape index (κ2) is 5.91. The Hall–Kier alpha value is -1.16. The van der Waals surface area contributed by atoms with Crippen molar-refractivity contribution in [2.45, 2.75) is 11.4 Å². The Morgan fingerprint density at radius 2 is 2.14 bits per heavy atom. The average Bonchev–Trinajstić information content (AvgIpc) is 2.95. The Balaban J connectivity index is 2.28. The molecule has 2 aromatic heterocycles. The number of aromatic nitrogens is 1. The number of sulfonamides is 1. The van der Waals surface area contributed by atoms with Crippen molar-refractivity contribution in [1.82, 2.24) is 8.87 Å². The molecule has 9 heteroatoms. The number of hydrogen-bond acceptors (Lipinski definition) is 4. The third-order valence-corrected chi connectivity index (χ3v) is 6.36. The van der Waals surface area contributed by atoms with Crippen LogP contribution in [0.2, 0.25) is 0 Å². The monoisotopic (exact) mass is 392 g/mol. The van der Waals surface area contributed by atoms with E-state index in [1.165, 1.54) is 46.6 Å². The summed E-state index contributed by atoms with van der Waals surface area (Å²) < 4.78 is 28.3. The van der Waals surface area contributed by atoms with Crippen LogP contribution in [0.25, 0.3) is 0 Å². The summed E-state index contributed by atoms with van der Waals surface area (Å²) >= 11 is 4.77. The average molecular weight is 393 g/mol. The first kappa shape index (κ1) is 16.2. The first-order valence-corrected chi connectivity index (χ1v) is 8.92. The van der Waals surface area contributed by atoms with Gasteiger partial charge in [-0.3, -0.25) is 0 Å². The van der Waals surface area contributed by atoms with E-state index in [2.05, 4.69) is 15.9 Å². The predicted octanol–water partition coefficient (Wildman–Crippen LogP) is 2.37. The number of halogens is 1. The van der Waals surface area contributed by atoms with Gasteiger partial charge in [0.05, 0.1) is 0 Å². The molecule has 0 fully saturated rings. The minimum atomic E-state index is -3.72. The fraction of sp³-hybridized carbons (Fsp3) is 0.250. The van der Waals surface area contributed by atoms with Gasteiger partial charge < -0.3 is 9.67 Å². The number of rotatable bonds is 5. The largest absolute Gasteiger partial charge is 0.477 e. The normalized spacial score (nSPS) is 12.0. The maximum atomic E-state index is 12.4. The van der Waals surface area contributed by atoms with Gasteiger partial charge in [0.2, 0.25) is 10.0 Å². The maximum Gasteiger partial charge on any atom is 0.352 e. The molecule has 0 aliphatic rings. The highest BCUT2D eigenvalue weighted by Crippen LogP contribution is 2.24. The molecule has 0 radical (unpaired) electrons. The van der Waals surface area contributed by atoms with Gasteiger partial charge in [0.1, 0.15) is 10.6 Å². The van der Waals surface area contributed by atoms with Gasteiger partial charge in [0.15, 0.2) is 0 Å². The van der Waals surface area contributed by atoms with Gasteiger partial charge in [0, 0.05) is 41.6 Å². The molecule has 2 heterocycles. The Bertz CT molecular complexity index is 779. The fourth-order valence-corrected chi connectivity index (χ4v) is 4.61. The highest BCUT2D eigenvalue weighted by atomic mass is 79.9. The highest BCUT2D eigenvalue weighted by molar-refractivity contribution is 9.10. The molecule has 0 atom stereocenters. The van der Waals surface area contributed by atoms with E-state index >= 15 is 0 Å². The van der Waals surface area contributed by atoms with E-state index in [-0.39, 0.29) is 17.1 Å². The lowest BCUT2D eigenvalue weighted by Crippen LogP contribution is -2.25. The van der Waals surface area contributed by atoms with Crippen molar-refractivity contribution in [3.63, 3.8) is 0 Å². The van der Waals surface area contributed by atoms with Crippen LogP contribution < -0.4 is 0 Å². The zero-order valence-electron chi connectivity index (χ0n) is 11.3. The predicted molar refractivity (Wildman–Crippen MR) is 83.0 cm³/mol. The third-order valence-electron chi connectivity index (χ3n) is 2.91. The molecule has 21 heavy (non-hydrogen) atoms. The fourth-order valence-electron chi connectivity index (χ4n) is 1.81. The molecule has 0 saturated heterocycles. The third kappa shape index (κ3) is 3.37. The summed E-state index contributed by atoms with van der Waals surface area (Å²) in [5.74, 6) is -1.16. The Morgan fingerprint density at radius 1 is 1.48 bits per heavy atom. The standard InChI is InChI=1S/C12H13BrN2O4S2/c1-14-6-10(4-11(14)12(16)17)21(18,19)15(2)5-9-3-8(13)7-20-9/h3-4,6-7H,5H2,1-2H3,(H,16,17). The quantitative estimate of drug-likeness (QED) is 0.846. The lowest BCUT2D eigenvalue weighted by atomic mass is 10.4. The molecule has 0 spiro atoms. The number of carboxylic acids is 1. The molecule has 0 aromatic carbocycles. The van der Waals surface area contributed by atoms with Gasteiger partial charge in [-0.15, -0.1) is 11.3 Å². The molecule has 0 aliphatic heterocycles. The highest BCUT2D eigenvalue weighted by Gasteiger charge is 2.25. The van der Waals surface area contributed by atoms with Crippen molar-refractivity contribution < 1.29 is 18.3 Å². The van der Waals surface area contributed by atoms with Crippen LogP contribution in [0.1, 0.15) is 15.4 Å². The van der Waals surface area contributed by atoms with Crippen LogP contribution in [0, 0.1) is 0 Å². The van der Waals surface area contributed by atoms with Crippen molar-refractivity contribution >= 4 is 43.3 Å². The molecule has 0 aliphatic carbocycles. The number of aromatic carboxylic acids is 1. The lowest BCUT2D eigenvalue weighted by Gasteiger charge is -2.15. The van der Waals surface area contributed by atoms with E-state index in [9.17, 15) is 13.2 Å².